The lowest BCUT2D eigenvalue weighted by Gasteiger charge is -2.00. The molecule has 0 unspecified atom stereocenters. The first-order chi connectivity index (χ1) is 10.4. The van der Waals surface area contributed by atoms with E-state index in [9.17, 15) is 0 Å². The van der Waals surface area contributed by atoms with E-state index in [1.165, 1.54) is 11.1 Å². The zero-order valence-corrected chi connectivity index (χ0v) is 11.4. The molecule has 99 valence electrons. The van der Waals surface area contributed by atoms with Gasteiger partial charge in [0.1, 0.15) is 5.82 Å². The molecule has 0 atom stereocenters. The molecule has 2 nitrogen and oxygen atoms in total. The summed E-state index contributed by atoms with van der Waals surface area (Å²) in [5.74, 6) is 0.907. The molecule has 0 aliphatic rings. The number of aromatic nitrogens is 2. The number of nitrogens with zero attached hydrogens (tertiary/aromatic N) is 1. The van der Waals surface area contributed by atoms with E-state index in [2.05, 4.69) is 58.5 Å². The van der Waals surface area contributed by atoms with Crippen LogP contribution in [0.2, 0.25) is 0 Å². The van der Waals surface area contributed by atoms with Gasteiger partial charge < -0.3 is 4.98 Å². The van der Waals surface area contributed by atoms with E-state index in [4.69, 9.17) is 0 Å². The summed E-state index contributed by atoms with van der Waals surface area (Å²) in [5.41, 5.74) is 5.51. The Hall–Kier alpha value is -2.87. The van der Waals surface area contributed by atoms with Crippen LogP contribution in [0.3, 0.4) is 0 Å². The Morgan fingerprint density at radius 2 is 1.57 bits per heavy atom. The molecule has 0 aliphatic carbocycles. The van der Waals surface area contributed by atoms with Gasteiger partial charge in [0.15, 0.2) is 0 Å². The maximum Gasteiger partial charge on any atom is 0.138 e. The van der Waals surface area contributed by atoms with Crippen molar-refractivity contribution >= 4 is 11.0 Å². The molecular formula is C19H13N2. The Labute approximate surface area is 123 Å². The number of hydrogen-bond donors (Lipinski definition) is 1. The molecule has 0 fully saturated rings. The number of fused-ring (bicyclic) bond motifs is 1. The van der Waals surface area contributed by atoms with Crippen LogP contribution >= 0.6 is 0 Å². The summed E-state index contributed by atoms with van der Waals surface area (Å²) in [6, 6.07) is 27.5. The minimum absolute atomic E-state index is 0.907. The minimum Gasteiger partial charge on any atom is -0.338 e. The smallest absolute Gasteiger partial charge is 0.138 e. The van der Waals surface area contributed by atoms with E-state index >= 15 is 0 Å². The largest absolute Gasteiger partial charge is 0.338 e. The Bertz CT molecular complexity index is 840. The molecule has 2 heteroatoms. The number of benzene rings is 3. The van der Waals surface area contributed by atoms with Crippen LogP contribution in [0.25, 0.3) is 33.5 Å². The highest BCUT2D eigenvalue weighted by atomic mass is 14.9. The van der Waals surface area contributed by atoms with Crippen molar-refractivity contribution in [2.45, 2.75) is 0 Å². The van der Waals surface area contributed by atoms with Crippen LogP contribution in [0.5, 0.6) is 0 Å². The molecular weight excluding hydrogens is 256 g/mol. The molecule has 4 aromatic rings. The monoisotopic (exact) mass is 269 g/mol. The van der Waals surface area contributed by atoms with Gasteiger partial charge in [-0.15, -0.1) is 0 Å². The fourth-order valence-corrected chi connectivity index (χ4v) is 2.50. The average molecular weight is 269 g/mol. The third-order valence-corrected chi connectivity index (χ3v) is 3.58. The summed E-state index contributed by atoms with van der Waals surface area (Å²) in [6.07, 6.45) is 0. The summed E-state index contributed by atoms with van der Waals surface area (Å²) in [5, 5.41) is 0. The molecule has 0 bridgehead atoms. The normalized spacial score (nSPS) is 10.9. The predicted molar refractivity (Wildman–Crippen MR) is 85.8 cm³/mol. The Kier molecular flexibility index (Phi) is 2.79. The van der Waals surface area contributed by atoms with Gasteiger partial charge in [-0.25, -0.2) is 4.98 Å². The maximum absolute atomic E-state index is 4.66. The van der Waals surface area contributed by atoms with Crippen molar-refractivity contribution in [3.63, 3.8) is 0 Å². The Balaban J connectivity index is 1.82. The van der Waals surface area contributed by atoms with Crippen LogP contribution in [-0.4, -0.2) is 9.97 Å². The number of imidazole rings is 1. The van der Waals surface area contributed by atoms with Gasteiger partial charge in [-0.05, 0) is 29.3 Å². The van der Waals surface area contributed by atoms with Crippen LogP contribution in [0.1, 0.15) is 0 Å². The van der Waals surface area contributed by atoms with Gasteiger partial charge in [0.05, 0.1) is 11.0 Å². The van der Waals surface area contributed by atoms with E-state index in [1.807, 2.05) is 30.3 Å². The lowest BCUT2D eigenvalue weighted by Crippen LogP contribution is -1.78. The highest BCUT2D eigenvalue weighted by Crippen LogP contribution is 2.25. The van der Waals surface area contributed by atoms with E-state index in [0.29, 0.717) is 0 Å². The van der Waals surface area contributed by atoms with Gasteiger partial charge >= 0.3 is 0 Å². The summed E-state index contributed by atoms with van der Waals surface area (Å²) in [7, 11) is 0. The number of H-pyrrole nitrogens is 1. The van der Waals surface area contributed by atoms with Gasteiger partial charge in [-0.1, -0.05) is 60.7 Å². The molecule has 0 spiro atoms. The quantitative estimate of drug-likeness (QED) is 0.561. The first kappa shape index (κ1) is 11.9. The topological polar surface area (TPSA) is 28.7 Å². The lowest BCUT2D eigenvalue weighted by molar-refractivity contribution is 1.34. The minimum atomic E-state index is 0.907. The van der Waals surface area contributed by atoms with Gasteiger partial charge in [-0.2, -0.15) is 0 Å². The van der Waals surface area contributed by atoms with Crippen LogP contribution in [-0.2, 0) is 0 Å². The van der Waals surface area contributed by atoms with Gasteiger partial charge in [-0.3, -0.25) is 0 Å². The third kappa shape index (κ3) is 2.21. The molecule has 1 radical (unpaired) electrons. The average Bonchev–Trinajstić information content (AvgIpc) is 2.99. The predicted octanol–water partition coefficient (Wildman–Crippen LogP) is 4.70. The van der Waals surface area contributed by atoms with Crippen LogP contribution in [0, 0.1) is 6.07 Å². The Morgan fingerprint density at radius 3 is 2.38 bits per heavy atom. The van der Waals surface area contributed by atoms with Gasteiger partial charge in [0.2, 0.25) is 0 Å². The van der Waals surface area contributed by atoms with Crippen molar-refractivity contribution in [2.24, 2.45) is 0 Å². The van der Waals surface area contributed by atoms with Crippen molar-refractivity contribution in [1.29, 1.82) is 0 Å². The van der Waals surface area contributed by atoms with E-state index < -0.39 is 0 Å². The number of rotatable bonds is 2. The lowest BCUT2D eigenvalue weighted by atomic mass is 10.1. The number of aromatic amines is 1. The molecule has 21 heavy (non-hydrogen) atoms. The fraction of sp³-hybridized carbons (Fsp3) is 0. The van der Waals surface area contributed by atoms with Crippen molar-refractivity contribution < 1.29 is 0 Å². The second-order valence-electron chi connectivity index (χ2n) is 4.97. The maximum atomic E-state index is 4.66. The summed E-state index contributed by atoms with van der Waals surface area (Å²) >= 11 is 0. The second-order valence-corrected chi connectivity index (χ2v) is 4.97. The molecule has 0 aliphatic heterocycles. The summed E-state index contributed by atoms with van der Waals surface area (Å²) in [6.45, 7) is 0. The van der Waals surface area contributed by atoms with Crippen LogP contribution in [0.15, 0.2) is 72.8 Å². The molecule has 0 saturated heterocycles. The third-order valence-electron chi connectivity index (χ3n) is 3.58. The van der Waals surface area contributed by atoms with Crippen molar-refractivity contribution in [1.82, 2.24) is 9.97 Å². The number of nitrogens with one attached hydrogen (secondary N) is 1. The summed E-state index contributed by atoms with van der Waals surface area (Å²) in [4.78, 5) is 8.06. The highest BCUT2D eigenvalue weighted by molar-refractivity contribution is 5.84. The van der Waals surface area contributed by atoms with Crippen molar-refractivity contribution in [2.75, 3.05) is 0 Å². The van der Waals surface area contributed by atoms with E-state index in [0.717, 1.165) is 22.4 Å². The van der Waals surface area contributed by atoms with E-state index in [-0.39, 0.29) is 0 Å². The Morgan fingerprint density at radius 1 is 0.762 bits per heavy atom. The molecule has 1 N–H and O–H groups in total. The zero-order valence-electron chi connectivity index (χ0n) is 11.4. The molecule has 3 aromatic carbocycles. The standard InChI is InChI=1S/C19H13N2/c1-3-7-14(8-4-1)16-11-12-17-18(13-16)21-19(20-17)15-9-5-2-6-10-15/h2-13H,(H,20,21). The SMILES string of the molecule is [c]1ccc(-c2ccc3nc(-c4ccccc4)[nH]c3c2)cc1. The van der Waals surface area contributed by atoms with E-state index in [1.54, 1.807) is 0 Å². The van der Waals surface area contributed by atoms with Gasteiger partial charge in [0.25, 0.3) is 0 Å². The highest BCUT2D eigenvalue weighted by Gasteiger charge is 2.06. The first-order valence-electron chi connectivity index (χ1n) is 6.92. The summed E-state index contributed by atoms with van der Waals surface area (Å²) < 4.78 is 0. The molecule has 0 amide bonds. The number of hydrogen-bond acceptors (Lipinski definition) is 1. The molecule has 0 saturated carbocycles. The molecule has 1 aromatic heterocycles. The van der Waals surface area contributed by atoms with Crippen molar-refractivity contribution in [3.05, 3.63) is 78.9 Å². The van der Waals surface area contributed by atoms with Crippen molar-refractivity contribution in [3.8, 4) is 22.5 Å². The zero-order chi connectivity index (χ0) is 14.1. The second kappa shape index (κ2) is 4.91. The van der Waals surface area contributed by atoms with Crippen LogP contribution in [0.4, 0.5) is 0 Å². The molecule has 1 heterocycles. The van der Waals surface area contributed by atoms with Gasteiger partial charge in [0, 0.05) is 5.56 Å². The van der Waals surface area contributed by atoms with Crippen LogP contribution < -0.4 is 0 Å². The molecule has 4 rings (SSSR count). The fourth-order valence-electron chi connectivity index (χ4n) is 2.50. The first-order valence-corrected chi connectivity index (χ1v) is 6.92.